The molecular formula is C25H16Br2N2O5. The Morgan fingerprint density at radius 2 is 1.29 bits per heavy atom. The van der Waals surface area contributed by atoms with E-state index in [1.807, 2.05) is 48.5 Å². The van der Waals surface area contributed by atoms with E-state index >= 15 is 0 Å². The first-order chi connectivity index (χ1) is 16.3. The highest BCUT2D eigenvalue weighted by Crippen LogP contribution is 2.71. The molecule has 7 nitrogen and oxygen atoms in total. The van der Waals surface area contributed by atoms with Crippen LogP contribution in [-0.4, -0.2) is 23.8 Å². The maximum atomic E-state index is 14.1. The SMILES string of the molecule is COc1ccc([N+](=O)[O-])cc1N1C(=O)[C@H]2[C@H](C1=O)C1(Br)c3ccccc3C2(Br)c2ccccc21. The molecule has 2 atom stereocenters. The van der Waals surface area contributed by atoms with E-state index in [1.54, 1.807) is 0 Å². The number of alkyl halides is 2. The van der Waals surface area contributed by atoms with Crippen LogP contribution in [0.1, 0.15) is 22.3 Å². The molecule has 3 aromatic rings. The third-order valence-electron chi connectivity index (χ3n) is 7.20. The number of benzene rings is 3. The van der Waals surface area contributed by atoms with E-state index in [4.69, 9.17) is 4.74 Å². The van der Waals surface area contributed by atoms with E-state index in [0.717, 1.165) is 27.2 Å². The number of hydrogen-bond acceptors (Lipinski definition) is 5. The molecular weight excluding hydrogens is 568 g/mol. The Balaban J connectivity index is 1.63. The Morgan fingerprint density at radius 3 is 1.68 bits per heavy atom. The zero-order chi connectivity index (χ0) is 24.0. The summed E-state index contributed by atoms with van der Waals surface area (Å²) in [6, 6.07) is 19.5. The minimum atomic E-state index is -0.935. The Kier molecular flexibility index (Phi) is 4.42. The minimum absolute atomic E-state index is 0.0702. The van der Waals surface area contributed by atoms with Gasteiger partial charge in [0.25, 0.3) is 5.69 Å². The Morgan fingerprint density at radius 1 is 0.853 bits per heavy atom. The predicted octanol–water partition coefficient (Wildman–Crippen LogP) is 5.01. The molecule has 0 N–H and O–H groups in total. The fourth-order valence-corrected chi connectivity index (χ4v) is 8.17. The molecule has 0 spiro atoms. The van der Waals surface area contributed by atoms with Crippen molar-refractivity contribution in [1.82, 2.24) is 0 Å². The average Bonchev–Trinajstić information content (AvgIpc) is 3.13. The third kappa shape index (κ3) is 2.36. The number of ether oxygens (including phenoxy) is 1. The van der Waals surface area contributed by atoms with Crippen LogP contribution in [0.5, 0.6) is 5.75 Å². The molecule has 1 aliphatic heterocycles. The van der Waals surface area contributed by atoms with Gasteiger partial charge < -0.3 is 4.74 Å². The van der Waals surface area contributed by atoms with Crippen LogP contribution in [-0.2, 0) is 18.2 Å². The van der Waals surface area contributed by atoms with E-state index in [9.17, 15) is 19.7 Å². The van der Waals surface area contributed by atoms with Crippen molar-refractivity contribution < 1.29 is 19.2 Å². The van der Waals surface area contributed by atoms with Gasteiger partial charge in [0.2, 0.25) is 11.8 Å². The molecule has 1 saturated heterocycles. The summed E-state index contributed by atoms with van der Waals surface area (Å²) < 4.78 is 3.52. The fourth-order valence-electron chi connectivity index (χ4n) is 5.87. The zero-order valence-electron chi connectivity index (χ0n) is 17.7. The molecule has 1 heterocycles. The number of hydrogen-bond donors (Lipinski definition) is 0. The first-order valence-electron chi connectivity index (χ1n) is 10.5. The third-order valence-corrected chi connectivity index (χ3v) is 9.89. The number of anilines is 1. The maximum absolute atomic E-state index is 14.1. The summed E-state index contributed by atoms with van der Waals surface area (Å²) in [4.78, 5) is 40.1. The number of rotatable bonds is 3. The number of imide groups is 1. The van der Waals surface area contributed by atoms with Gasteiger partial charge in [-0.15, -0.1) is 0 Å². The monoisotopic (exact) mass is 582 g/mol. The first kappa shape index (κ1) is 21.5. The molecule has 9 heteroatoms. The first-order valence-corrected chi connectivity index (χ1v) is 12.1. The zero-order valence-corrected chi connectivity index (χ0v) is 20.9. The van der Waals surface area contributed by atoms with Crippen LogP contribution in [0.3, 0.4) is 0 Å². The van der Waals surface area contributed by atoms with Crippen molar-refractivity contribution in [2.45, 2.75) is 8.65 Å². The van der Waals surface area contributed by atoms with Crippen molar-refractivity contribution in [2.75, 3.05) is 12.0 Å². The lowest BCUT2D eigenvalue weighted by Gasteiger charge is -2.55. The van der Waals surface area contributed by atoms with Crippen LogP contribution in [0, 0.1) is 22.0 Å². The van der Waals surface area contributed by atoms with Crippen LogP contribution in [0.25, 0.3) is 0 Å². The molecule has 34 heavy (non-hydrogen) atoms. The fraction of sp³-hybridized carbons (Fsp3) is 0.200. The van der Waals surface area contributed by atoms with Gasteiger partial charge in [0.15, 0.2) is 0 Å². The van der Waals surface area contributed by atoms with Crippen LogP contribution in [0.15, 0.2) is 66.7 Å². The molecule has 0 aromatic heterocycles. The standard InChI is InChI=1S/C25H16Br2N2O5/c1-34-19-11-10-13(29(32)33)12-18(19)28-22(30)20-21(23(28)31)25(27)15-7-3-2-6-14(15)24(20,26)16-8-4-5-9-17(16)25/h2-12,20-21H,1H3/t20-,21-,24?,25?/m1/s1. The van der Waals surface area contributed by atoms with E-state index < -0.39 is 37.2 Å². The number of non-ortho nitro benzene ring substituents is 1. The predicted molar refractivity (Wildman–Crippen MR) is 131 cm³/mol. The lowest BCUT2D eigenvalue weighted by atomic mass is 9.54. The maximum Gasteiger partial charge on any atom is 0.271 e. The summed E-state index contributed by atoms with van der Waals surface area (Å²) in [6.07, 6.45) is 0. The number of methoxy groups -OCH3 is 1. The molecule has 4 aliphatic rings. The van der Waals surface area contributed by atoms with Crippen molar-refractivity contribution >= 4 is 55.0 Å². The number of carbonyl (C=O) groups is 2. The Hall–Kier alpha value is -3.04. The lowest BCUT2D eigenvalue weighted by molar-refractivity contribution is -0.384. The molecule has 0 saturated carbocycles. The smallest absolute Gasteiger partial charge is 0.271 e. The highest BCUT2D eigenvalue weighted by Gasteiger charge is 2.72. The summed E-state index contributed by atoms with van der Waals surface area (Å²) in [5.41, 5.74) is 3.51. The number of nitrogens with zero attached hydrogens (tertiary/aromatic N) is 2. The lowest BCUT2D eigenvalue weighted by Crippen LogP contribution is -2.56. The second kappa shape index (κ2) is 6.99. The summed E-state index contributed by atoms with van der Waals surface area (Å²) >= 11 is 7.89. The van der Waals surface area contributed by atoms with Gasteiger partial charge in [0, 0.05) is 12.1 Å². The van der Waals surface area contributed by atoms with Gasteiger partial charge in [-0.25, -0.2) is 4.90 Å². The van der Waals surface area contributed by atoms with Crippen LogP contribution in [0.2, 0.25) is 0 Å². The van der Waals surface area contributed by atoms with Crippen molar-refractivity contribution in [3.8, 4) is 5.75 Å². The summed E-state index contributed by atoms with van der Waals surface area (Å²) in [5.74, 6) is -2.20. The number of halogens is 2. The average molecular weight is 584 g/mol. The van der Waals surface area contributed by atoms with Gasteiger partial charge in [-0.05, 0) is 28.3 Å². The topological polar surface area (TPSA) is 89.8 Å². The quantitative estimate of drug-likeness (QED) is 0.187. The summed E-state index contributed by atoms with van der Waals surface area (Å²) in [6.45, 7) is 0. The molecule has 7 rings (SSSR count). The van der Waals surface area contributed by atoms with Crippen molar-refractivity contribution in [2.24, 2.45) is 11.8 Å². The Labute approximate surface area is 211 Å². The largest absolute Gasteiger partial charge is 0.495 e. The summed E-state index contributed by atoms with van der Waals surface area (Å²) in [5, 5.41) is 11.5. The number of nitro benzene ring substituents is 1. The second-order valence-corrected chi connectivity index (χ2v) is 11.1. The number of carbonyl (C=O) groups excluding carboxylic acids is 2. The molecule has 1 fully saturated rings. The normalized spacial score (nSPS) is 28.4. The molecule has 0 unspecified atom stereocenters. The number of amides is 2. The van der Waals surface area contributed by atoms with Gasteiger partial charge in [0.1, 0.15) is 11.4 Å². The van der Waals surface area contributed by atoms with Gasteiger partial charge >= 0.3 is 0 Å². The second-order valence-electron chi connectivity index (χ2n) is 8.60. The highest BCUT2D eigenvalue weighted by molar-refractivity contribution is 9.10. The van der Waals surface area contributed by atoms with E-state index in [0.29, 0.717) is 0 Å². The minimum Gasteiger partial charge on any atom is -0.495 e. The molecule has 3 aromatic carbocycles. The molecule has 3 aliphatic carbocycles. The van der Waals surface area contributed by atoms with Crippen molar-refractivity contribution in [3.63, 3.8) is 0 Å². The van der Waals surface area contributed by atoms with Gasteiger partial charge in [-0.2, -0.15) is 0 Å². The van der Waals surface area contributed by atoms with Crippen LogP contribution < -0.4 is 9.64 Å². The summed E-state index contributed by atoms with van der Waals surface area (Å²) in [7, 11) is 1.40. The molecule has 170 valence electrons. The molecule has 2 amide bonds. The molecule has 2 bridgehead atoms. The van der Waals surface area contributed by atoms with Crippen molar-refractivity contribution in [1.29, 1.82) is 0 Å². The number of nitro groups is 1. The van der Waals surface area contributed by atoms with E-state index in [1.165, 1.54) is 25.3 Å². The van der Waals surface area contributed by atoms with Crippen molar-refractivity contribution in [3.05, 3.63) is 99.1 Å². The van der Waals surface area contributed by atoms with Crippen LogP contribution in [0.4, 0.5) is 11.4 Å². The Bertz CT molecular complexity index is 1320. The van der Waals surface area contributed by atoms with E-state index in [2.05, 4.69) is 31.9 Å². The van der Waals surface area contributed by atoms with Gasteiger partial charge in [0.05, 0.1) is 32.5 Å². The van der Waals surface area contributed by atoms with Gasteiger partial charge in [-0.1, -0.05) is 80.4 Å². The van der Waals surface area contributed by atoms with Gasteiger partial charge in [-0.3, -0.25) is 19.7 Å². The molecule has 0 radical (unpaired) electrons. The van der Waals surface area contributed by atoms with E-state index in [-0.39, 0.29) is 17.1 Å². The highest BCUT2D eigenvalue weighted by atomic mass is 79.9. The van der Waals surface area contributed by atoms with Crippen LogP contribution >= 0.6 is 31.9 Å².